The first-order chi connectivity index (χ1) is 13.2. The molecule has 0 aliphatic heterocycles. The lowest BCUT2D eigenvalue weighted by atomic mass is 10.2. The maximum absolute atomic E-state index is 13.3. The maximum Gasteiger partial charge on any atom is 0.266 e. The van der Waals surface area contributed by atoms with Crippen LogP contribution in [0.4, 0.5) is 0 Å². The van der Waals surface area contributed by atoms with E-state index in [0.717, 1.165) is 11.5 Å². The molecule has 136 valence electrons. The number of aryl methyl sites for hydroxylation is 1. The van der Waals surface area contributed by atoms with E-state index in [1.807, 2.05) is 55.5 Å². The Bertz CT molecular complexity index is 1170. The Morgan fingerprint density at radius 1 is 1.15 bits per heavy atom. The number of aromatic nitrogens is 3. The molecule has 0 radical (unpaired) electrons. The minimum absolute atomic E-state index is 0.135. The van der Waals surface area contributed by atoms with Gasteiger partial charge >= 0.3 is 0 Å². The van der Waals surface area contributed by atoms with Crippen LogP contribution in [-0.4, -0.2) is 21.8 Å². The summed E-state index contributed by atoms with van der Waals surface area (Å²) in [6.45, 7) is 1.85. The molecule has 2 heterocycles. The summed E-state index contributed by atoms with van der Waals surface area (Å²) < 4.78 is 12.2. The Labute approximate surface area is 159 Å². The lowest BCUT2D eigenvalue weighted by Crippen LogP contribution is -2.22. The molecule has 7 heteroatoms. The van der Waals surface area contributed by atoms with Gasteiger partial charge in [0, 0.05) is 11.8 Å². The van der Waals surface area contributed by atoms with Gasteiger partial charge in [0.15, 0.2) is 5.16 Å². The van der Waals surface area contributed by atoms with Crippen LogP contribution in [0, 0.1) is 6.92 Å². The van der Waals surface area contributed by atoms with E-state index in [-0.39, 0.29) is 5.56 Å². The maximum atomic E-state index is 13.3. The average Bonchev–Trinajstić information content (AvgIpc) is 3.12. The van der Waals surface area contributed by atoms with Crippen LogP contribution < -0.4 is 10.3 Å². The van der Waals surface area contributed by atoms with E-state index < -0.39 is 0 Å². The Morgan fingerprint density at radius 2 is 1.93 bits per heavy atom. The quantitative estimate of drug-likeness (QED) is 0.386. The predicted octanol–water partition coefficient (Wildman–Crippen LogP) is 3.98. The number of ether oxygens (including phenoxy) is 1. The molecule has 0 bridgehead atoms. The summed E-state index contributed by atoms with van der Waals surface area (Å²) in [7, 11) is 1.59. The van der Waals surface area contributed by atoms with Crippen molar-refractivity contribution >= 4 is 22.7 Å². The lowest BCUT2D eigenvalue weighted by Gasteiger charge is -2.15. The molecular formula is C20H17N3O3S. The topological polar surface area (TPSA) is 70.2 Å². The molecule has 0 unspecified atom stereocenters. The van der Waals surface area contributed by atoms with Gasteiger partial charge in [0.2, 0.25) is 0 Å². The molecule has 0 atom stereocenters. The first-order valence-corrected chi connectivity index (χ1v) is 9.36. The fraction of sp³-hybridized carbons (Fsp3) is 0.150. The fourth-order valence-corrected chi connectivity index (χ4v) is 3.75. The second-order valence-electron chi connectivity index (χ2n) is 5.94. The van der Waals surface area contributed by atoms with Gasteiger partial charge in [-0.15, -0.1) is 0 Å². The van der Waals surface area contributed by atoms with Crippen LogP contribution in [0.2, 0.25) is 0 Å². The number of nitrogens with zero attached hydrogens (tertiary/aromatic N) is 3. The van der Waals surface area contributed by atoms with Crippen LogP contribution in [0.1, 0.15) is 11.5 Å². The molecule has 0 N–H and O–H groups in total. The highest BCUT2D eigenvalue weighted by Crippen LogP contribution is 2.28. The summed E-state index contributed by atoms with van der Waals surface area (Å²) >= 11 is 1.43. The summed E-state index contributed by atoms with van der Waals surface area (Å²) in [6, 6.07) is 16.6. The van der Waals surface area contributed by atoms with Crippen molar-refractivity contribution in [1.29, 1.82) is 0 Å². The Morgan fingerprint density at radius 3 is 2.70 bits per heavy atom. The van der Waals surface area contributed by atoms with Gasteiger partial charge in [0.25, 0.3) is 5.56 Å². The number of fused-ring (bicyclic) bond motifs is 1. The fourth-order valence-electron chi connectivity index (χ4n) is 2.86. The molecule has 0 saturated carbocycles. The number of hydrogen-bond donors (Lipinski definition) is 0. The normalized spacial score (nSPS) is 11.0. The number of thioether (sulfide) groups is 1. The number of hydrogen-bond acceptors (Lipinski definition) is 6. The van der Waals surface area contributed by atoms with Gasteiger partial charge in [0.1, 0.15) is 11.5 Å². The summed E-state index contributed by atoms with van der Waals surface area (Å²) in [4.78, 5) is 18.0. The molecule has 0 fully saturated rings. The Balaban J connectivity index is 1.89. The van der Waals surface area contributed by atoms with Crippen LogP contribution in [0.3, 0.4) is 0 Å². The van der Waals surface area contributed by atoms with Crippen LogP contribution in [0.15, 0.2) is 69.1 Å². The van der Waals surface area contributed by atoms with E-state index in [4.69, 9.17) is 14.2 Å². The largest absolute Gasteiger partial charge is 0.495 e. The third-order valence-electron chi connectivity index (χ3n) is 4.10. The SMILES string of the molecule is COc1ccccc1-n1c(SCc2cc(C)on2)nc2ccccc2c1=O. The molecule has 0 amide bonds. The van der Waals surface area contributed by atoms with Crippen molar-refractivity contribution in [3.63, 3.8) is 0 Å². The van der Waals surface area contributed by atoms with Gasteiger partial charge in [-0.3, -0.25) is 9.36 Å². The van der Waals surface area contributed by atoms with Crippen LogP contribution >= 0.6 is 11.8 Å². The smallest absolute Gasteiger partial charge is 0.266 e. The molecule has 27 heavy (non-hydrogen) atoms. The zero-order chi connectivity index (χ0) is 18.8. The van der Waals surface area contributed by atoms with Gasteiger partial charge in [-0.25, -0.2) is 4.98 Å². The van der Waals surface area contributed by atoms with Crippen molar-refractivity contribution in [1.82, 2.24) is 14.7 Å². The molecule has 0 saturated heterocycles. The van der Waals surface area contributed by atoms with Crippen molar-refractivity contribution in [2.24, 2.45) is 0 Å². The molecule has 0 aliphatic rings. The summed E-state index contributed by atoms with van der Waals surface area (Å²) in [5.74, 6) is 1.90. The van der Waals surface area contributed by atoms with E-state index in [2.05, 4.69) is 5.16 Å². The first-order valence-electron chi connectivity index (χ1n) is 8.37. The van der Waals surface area contributed by atoms with Crippen molar-refractivity contribution < 1.29 is 9.26 Å². The molecule has 4 rings (SSSR count). The molecule has 2 aromatic carbocycles. The molecule has 0 spiro atoms. The predicted molar refractivity (Wildman–Crippen MR) is 105 cm³/mol. The van der Waals surface area contributed by atoms with Gasteiger partial charge in [-0.1, -0.05) is 41.2 Å². The van der Waals surface area contributed by atoms with Crippen molar-refractivity contribution in [3.05, 3.63) is 76.4 Å². The van der Waals surface area contributed by atoms with E-state index in [1.165, 1.54) is 11.8 Å². The van der Waals surface area contributed by atoms with Gasteiger partial charge < -0.3 is 9.26 Å². The summed E-state index contributed by atoms with van der Waals surface area (Å²) in [5.41, 5.74) is 1.98. The number of para-hydroxylation sites is 3. The highest BCUT2D eigenvalue weighted by molar-refractivity contribution is 7.98. The van der Waals surface area contributed by atoms with Gasteiger partial charge in [-0.05, 0) is 31.2 Å². The highest BCUT2D eigenvalue weighted by Gasteiger charge is 2.16. The molecular weight excluding hydrogens is 362 g/mol. The zero-order valence-electron chi connectivity index (χ0n) is 14.9. The number of rotatable bonds is 5. The molecule has 6 nitrogen and oxygen atoms in total. The van der Waals surface area contributed by atoms with E-state index in [0.29, 0.717) is 33.2 Å². The van der Waals surface area contributed by atoms with Gasteiger partial charge in [0.05, 0.1) is 29.4 Å². The lowest BCUT2D eigenvalue weighted by molar-refractivity contribution is 0.393. The van der Waals surface area contributed by atoms with E-state index in [1.54, 1.807) is 17.7 Å². The van der Waals surface area contributed by atoms with Crippen LogP contribution in [0.5, 0.6) is 5.75 Å². The third kappa shape index (κ3) is 3.33. The van der Waals surface area contributed by atoms with Crippen LogP contribution in [-0.2, 0) is 5.75 Å². The number of benzene rings is 2. The summed E-state index contributed by atoms with van der Waals surface area (Å²) in [5, 5.41) is 5.15. The van der Waals surface area contributed by atoms with Crippen LogP contribution in [0.25, 0.3) is 16.6 Å². The second kappa shape index (κ2) is 7.28. The minimum Gasteiger partial charge on any atom is -0.495 e. The average molecular weight is 379 g/mol. The molecule has 0 aliphatic carbocycles. The number of methoxy groups -OCH3 is 1. The Kier molecular flexibility index (Phi) is 4.68. The molecule has 4 aromatic rings. The third-order valence-corrected chi connectivity index (χ3v) is 5.07. The minimum atomic E-state index is -0.135. The van der Waals surface area contributed by atoms with Gasteiger partial charge in [-0.2, -0.15) is 0 Å². The van der Waals surface area contributed by atoms with E-state index >= 15 is 0 Å². The van der Waals surface area contributed by atoms with E-state index in [9.17, 15) is 4.79 Å². The highest BCUT2D eigenvalue weighted by atomic mass is 32.2. The van der Waals surface area contributed by atoms with Crippen molar-refractivity contribution in [3.8, 4) is 11.4 Å². The van der Waals surface area contributed by atoms with Crippen molar-refractivity contribution in [2.75, 3.05) is 7.11 Å². The Hall–Kier alpha value is -3.06. The van der Waals surface area contributed by atoms with Crippen molar-refractivity contribution in [2.45, 2.75) is 17.8 Å². The summed E-state index contributed by atoms with van der Waals surface area (Å²) in [6.07, 6.45) is 0. The second-order valence-corrected chi connectivity index (χ2v) is 6.88. The zero-order valence-corrected chi connectivity index (χ0v) is 15.7. The standard InChI is InChI=1S/C20H17N3O3S/c1-13-11-14(22-26-13)12-27-20-21-16-8-4-3-7-15(16)19(24)23(20)17-9-5-6-10-18(17)25-2/h3-11H,12H2,1-2H3. The monoisotopic (exact) mass is 379 g/mol. The molecule has 2 aromatic heterocycles. The first kappa shape index (κ1) is 17.4.